The van der Waals surface area contributed by atoms with Gasteiger partial charge < -0.3 is 9.88 Å². The minimum absolute atomic E-state index is 0.168. The second-order valence-corrected chi connectivity index (χ2v) is 4.07. The van der Waals surface area contributed by atoms with Crippen molar-refractivity contribution in [1.29, 1.82) is 0 Å². The molecule has 0 fully saturated rings. The zero-order valence-corrected chi connectivity index (χ0v) is 10.5. The Morgan fingerprint density at radius 1 is 1.41 bits per heavy atom. The molecular formula is C13H18FN3. The molecule has 0 aliphatic rings. The third-order valence-electron chi connectivity index (χ3n) is 3.14. The van der Waals surface area contributed by atoms with E-state index in [9.17, 15) is 4.39 Å². The monoisotopic (exact) mass is 235 g/mol. The van der Waals surface area contributed by atoms with Crippen molar-refractivity contribution >= 4 is 11.0 Å². The van der Waals surface area contributed by atoms with Crippen LogP contribution in [0.4, 0.5) is 4.39 Å². The summed E-state index contributed by atoms with van der Waals surface area (Å²) in [5, 5.41) is 3.22. The van der Waals surface area contributed by atoms with Crippen LogP contribution in [0.5, 0.6) is 0 Å². The zero-order chi connectivity index (χ0) is 12.4. The summed E-state index contributed by atoms with van der Waals surface area (Å²) in [5.41, 5.74) is 1.34. The molecule has 1 atom stereocenters. The molecule has 1 aromatic carbocycles. The zero-order valence-electron chi connectivity index (χ0n) is 10.5. The van der Waals surface area contributed by atoms with Crippen molar-refractivity contribution in [2.75, 3.05) is 7.05 Å². The number of benzene rings is 1. The molecule has 2 rings (SSSR count). The van der Waals surface area contributed by atoms with Gasteiger partial charge in [0.25, 0.3) is 0 Å². The van der Waals surface area contributed by atoms with Gasteiger partial charge in [-0.15, -0.1) is 0 Å². The molecule has 1 unspecified atom stereocenters. The van der Waals surface area contributed by atoms with E-state index in [0.717, 1.165) is 24.3 Å². The van der Waals surface area contributed by atoms with Crippen LogP contribution in [0.3, 0.4) is 0 Å². The first-order valence-electron chi connectivity index (χ1n) is 6.04. The summed E-state index contributed by atoms with van der Waals surface area (Å²) in [7, 11) is 1.91. The summed E-state index contributed by atoms with van der Waals surface area (Å²) in [6.45, 7) is 4.95. The summed E-state index contributed by atoms with van der Waals surface area (Å²) in [6.07, 6.45) is 0.932. The van der Waals surface area contributed by atoms with Gasteiger partial charge in [0, 0.05) is 6.54 Å². The van der Waals surface area contributed by atoms with Crippen LogP contribution in [0.2, 0.25) is 0 Å². The van der Waals surface area contributed by atoms with E-state index < -0.39 is 0 Å². The van der Waals surface area contributed by atoms with Crippen LogP contribution in [0.25, 0.3) is 11.0 Å². The van der Waals surface area contributed by atoms with Crippen LogP contribution in [0, 0.1) is 5.82 Å². The molecule has 1 aromatic heterocycles. The first-order chi connectivity index (χ1) is 8.22. The smallest absolute Gasteiger partial charge is 0.151 e. The van der Waals surface area contributed by atoms with Gasteiger partial charge in [0.2, 0.25) is 0 Å². The summed E-state index contributed by atoms with van der Waals surface area (Å²) in [6, 6.07) is 5.28. The minimum atomic E-state index is -0.248. The van der Waals surface area contributed by atoms with Crippen molar-refractivity contribution in [2.45, 2.75) is 32.9 Å². The van der Waals surface area contributed by atoms with Crippen LogP contribution in [-0.2, 0) is 6.54 Å². The largest absolute Gasteiger partial charge is 0.327 e. The molecule has 2 aromatic rings. The lowest BCUT2D eigenvalue weighted by Gasteiger charge is -2.15. The predicted octanol–water partition coefficient (Wildman–Crippen LogP) is 2.87. The highest BCUT2D eigenvalue weighted by molar-refractivity contribution is 5.76. The minimum Gasteiger partial charge on any atom is -0.327 e. The maximum absolute atomic E-state index is 13.7. The van der Waals surface area contributed by atoms with Crippen LogP contribution in [-0.4, -0.2) is 16.6 Å². The predicted molar refractivity (Wildman–Crippen MR) is 67.5 cm³/mol. The van der Waals surface area contributed by atoms with E-state index in [4.69, 9.17) is 0 Å². The van der Waals surface area contributed by atoms with E-state index in [0.29, 0.717) is 5.52 Å². The molecule has 0 aliphatic heterocycles. The Labute approximate surface area is 101 Å². The number of para-hydroxylation sites is 1. The van der Waals surface area contributed by atoms with Crippen molar-refractivity contribution in [3.05, 3.63) is 29.8 Å². The third-order valence-corrected chi connectivity index (χ3v) is 3.14. The second kappa shape index (κ2) is 4.84. The molecule has 4 heteroatoms. The maximum Gasteiger partial charge on any atom is 0.151 e. The number of nitrogens with one attached hydrogen (secondary N) is 1. The van der Waals surface area contributed by atoms with Crippen LogP contribution in [0.1, 0.15) is 32.1 Å². The third kappa shape index (κ3) is 1.93. The fourth-order valence-electron chi connectivity index (χ4n) is 2.24. The molecular weight excluding hydrogens is 217 g/mol. The van der Waals surface area contributed by atoms with Gasteiger partial charge in [-0.1, -0.05) is 13.0 Å². The lowest BCUT2D eigenvalue weighted by molar-refractivity contribution is 0.517. The average molecular weight is 235 g/mol. The van der Waals surface area contributed by atoms with Crippen LogP contribution in [0.15, 0.2) is 18.2 Å². The van der Waals surface area contributed by atoms with E-state index in [1.807, 2.05) is 13.1 Å². The van der Waals surface area contributed by atoms with Gasteiger partial charge in [-0.2, -0.15) is 0 Å². The fraction of sp³-hybridized carbons (Fsp3) is 0.462. The molecule has 0 aliphatic carbocycles. The fourth-order valence-corrected chi connectivity index (χ4v) is 2.24. The first kappa shape index (κ1) is 12.0. The Kier molecular flexibility index (Phi) is 3.43. The lowest BCUT2D eigenvalue weighted by atomic mass is 10.2. The van der Waals surface area contributed by atoms with E-state index in [2.05, 4.69) is 28.7 Å². The first-order valence-corrected chi connectivity index (χ1v) is 6.04. The van der Waals surface area contributed by atoms with Crippen molar-refractivity contribution in [1.82, 2.24) is 14.9 Å². The SMILES string of the molecule is CCC(NC)c1nc2c(F)cccc2n1CC. The Bertz CT molecular complexity index is 515. The molecule has 0 bridgehead atoms. The number of hydrogen-bond donors (Lipinski definition) is 1. The average Bonchev–Trinajstić information content (AvgIpc) is 2.71. The lowest BCUT2D eigenvalue weighted by Crippen LogP contribution is -2.19. The van der Waals surface area contributed by atoms with Crippen molar-refractivity contribution in [3.63, 3.8) is 0 Å². The number of fused-ring (bicyclic) bond motifs is 1. The molecule has 0 radical (unpaired) electrons. The Morgan fingerprint density at radius 3 is 2.76 bits per heavy atom. The summed E-state index contributed by atoms with van der Waals surface area (Å²) >= 11 is 0. The van der Waals surface area contributed by atoms with Gasteiger partial charge in [0.05, 0.1) is 11.6 Å². The van der Waals surface area contributed by atoms with Gasteiger partial charge >= 0.3 is 0 Å². The van der Waals surface area contributed by atoms with E-state index >= 15 is 0 Å². The van der Waals surface area contributed by atoms with Crippen LogP contribution < -0.4 is 5.32 Å². The highest BCUT2D eigenvalue weighted by Crippen LogP contribution is 2.24. The molecule has 1 heterocycles. The van der Waals surface area contributed by atoms with E-state index in [1.165, 1.54) is 6.07 Å². The second-order valence-electron chi connectivity index (χ2n) is 4.07. The molecule has 17 heavy (non-hydrogen) atoms. The van der Waals surface area contributed by atoms with Gasteiger partial charge in [-0.3, -0.25) is 0 Å². The van der Waals surface area contributed by atoms with Gasteiger partial charge in [0.15, 0.2) is 5.82 Å². The summed E-state index contributed by atoms with van der Waals surface area (Å²) < 4.78 is 15.8. The van der Waals surface area contributed by atoms with Crippen molar-refractivity contribution in [2.24, 2.45) is 0 Å². The Balaban J connectivity index is 2.67. The summed E-state index contributed by atoms with van der Waals surface area (Å²) in [5.74, 6) is 0.666. The van der Waals surface area contributed by atoms with Crippen molar-refractivity contribution < 1.29 is 4.39 Å². The molecule has 3 nitrogen and oxygen atoms in total. The van der Waals surface area contributed by atoms with Crippen molar-refractivity contribution in [3.8, 4) is 0 Å². The number of hydrogen-bond acceptors (Lipinski definition) is 2. The molecule has 0 saturated carbocycles. The van der Waals surface area contributed by atoms with Gasteiger partial charge in [-0.25, -0.2) is 9.37 Å². The molecule has 0 amide bonds. The summed E-state index contributed by atoms with van der Waals surface area (Å²) in [4.78, 5) is 4.45. The topological polar surface area (TPSA) is 29.9 Å². The normalized spacial score (nSPS) is 13.2. The van der Waals surface area contributed by atoms with Gasteiger partial charge in [0.1, 0.15) is 11.3 Å². The highest BCUT2D eigenvalue weighted by Gasteiger charge is 2.18. The molecule has 0 spiro atoms. The quantitative estimate of drug-likeness (QED) is 0.883. The Morgan fingerprint density at radius 2 is 2.18 bits per heavy atom. The van der Waals surface area contributed by atoms with E-state index in [-0.39, 0.29) is 11.9 Å². The van der Waals surface area contributed by atoms with E-state index in [1.54, 1.807) is 6.07 Å². The number of aryl methyl sites for hydroxylation is 1. The molecule has 1 N–H and O–H groups in total. The number of nitrogens with zero attached hydrogens (tertiary/aromatic N) is 2. The molecule has 92 valence electrons. The Hall–Kier alpha value is -1.42. The molecule has 0 saturated heterocycles. The van der Waals surface area contributed by atoms with Crippen LogP contribution >= 0.6 is 0 Å². The van der Waals surface area contributed by atoms with Gasteiger partial charge in [-0.05, 0) is 32.5 Å². The maximum atomic E-state index is 13.7. The number of aromatic nitrogens is 2. The number of halogens is 1. The number of rotatable bonds is 4. The highest BCUT2D eigenvalue weighted by atomic mass is 19.1. The standard InChI is InChI=1S/C13H18FN3/c1-4-10(15-3)13-16-12-9(14)7-6-8-11(12)17(13)5-2/h6-8,10,15H,4-5H2,1-3H3. The number of imidazole rings is 1.